The lowest BCUT2D eigenvalue weighted by Gasteiger charge is -2.15. The van der Waals surface area contributed by atoms with E-state index in [-0.39, 0.29) is 27.2 Å². The molecule has 0 radical (unpaired) electrons. The van der Waals surface area contributed by atoms with Crippen LogP contribution in [-0.2, 0) is 15.7 Å². The lowest BCUT2D eigenvalue weighted by Crippen LogP contribution is -2.23. The van der Waals surface area contributed by atoms with Gasteiger partial charge in [-0.3, -0.25) is 4.79 Å². The number of esters is 1. The summed E-state index contributed by atoms with van der Waals surface area (Å²) in [6, 6.07) is 7.10. The molecule has 0 bridgehead atoms. The van der Waals surface area contributed by atoms with Gasteiger partial charge in [-0.1, -0.05) is 17.7 Å². The van der Waals surface area contributed by atoms with Gasteiger partial charge in [0.15, 0.2) is 6.61 Å². The molecule has 0 aliphatic heterocycles. The zero-order valence-electron chi connectivity index (χ0n) is 14.0. The molecule has 2 aromatic carbocycles. The molecule has 0 saturated heterocycles. The van der Waals surface area contributed by atoms with E-state index >= 15 is 0 Å². The number of anilines is 1. The first-order valence-corrected chi connectivity index (χ1v) is 8.75. The lowest BCUT2D eigenvalue weighted by atomic mass is 10.1. The van der Waals surface area contributed by atoms with Crippen LogP contribution in [0.3, 0.4) is 0 Å². The summed E-state index contributed by atoms with van der Waals surface area (Å²) in [7, 11) is 0. The highest BCUT2D eigenvalue weighted by Gasteiger charge is 2.35. The molecule has 0 spiro atoms. The third-order valence-electron chi connectivity index (χ3n) is 3.24. The number of halogens is 7. The van der Waals surface area contributed by atoms with Crippen LogP contribution in [0.5, 0.6) is 0 Å². The SMILES string of the molecule is O=C(COC(=O)c1ccc(SC(F)(F)F)cc1)Nc1c(Cl)cccc1C(F)(F)F. The average molecular weight is 458 g/mol. The fraction of sp³-hybridized carbons (Fsp3) is 0.176. The second-order valence-electron chi connectivity index (χ2n) is 5.36. The Hall–Kier alpha value is -2.40. The van der Waals surface area contributed by atoms with Gasteiger partial charge >= 0.3 is 17.7 Å². The van der Waals surface area contributed by atoms with E-state index in [0.717, 1.165) is 36.4 Å². The van der Waals surface area contributed by atoms with Gasteiger partial charge < -0.3 is 10.1 Å². The summed E-state index contributed by atoms with van der Waals surface area (Å²) in [5.74, 6) is -2.12. The Labute approximate surface area is 169 Å². The Bertz CT molecular complexity index is 900. The van der Waals surface area contributed by atoms with Crippen molar-refractivity contribution in [2.24, 2.45) is 0 Å². The zero-order valence-corrected chi connectivity index (χ0v) is 15.6. The van der Waals surface area contributed by atoms with Crippen molar-refractivity contribution in [2.75, 3.05) is 11.9 Å². The molecule has 0 aliphatic rings. The van der Waals surface area contributed by atoms with E-state index in [2.05, 4.69) is 4.74 Å². The molecule has 0 aromatic heterocycles. The number of nitrogens with one attached hydrogen (secondary N) is 1. The van der Waals surface area contributed by atoms with Gasteiger partial charge in [0.05, 0.1) is 21.8 Å². The monoisotopic (exact) mass is 457 g/mol. The highest BCUT2D eigenvalue weighted by molar-refractivity contribution is 8.00. The molecule has 156 valence electrons. The number of hydrogen-bond donors (Lipinski definition) is 1. The Morgan fingerprint density at radius 2 is 1.62 bits per heavy atom. The van der Waals surface area contributed by atoms with Gasteiger partial charge in [0.1, 0.15) is 0 Å². The van der Waals surface area contributed by atoms with Crippen LogP contribution < -0.4 is 5.32 Å². The van der Waals surface area contributed by atoms with Crippen LogP contribution in [0.2, 0.25) is 5.02 Å². The van der Waals surface area contributed by atoms with Crippen molar-refractivity contribution < 1.29 is 40.7 Å². The molecule has 4 nitrogen and oxygen atoms in total. The Kier molecular flexibility index (Phi) is 7.06. The number of benzene rings is 2. The quantitative estimate of drug-likeness (QED) is 0.352. The summed E-state index contributed by atoms with van der Waals surface area (Å²) in [4.78, 5) is 23.5. The van der Waals surface area contributed by atoms with E-state index < -0.39 is 41.4 Å². The van der Waals surface area contributed by atoms with Crippen LogP contribution in [0.4, 0.5) is 32.0 Å². The van der Waals surface area contributed by atoms with Crippen LogP contribution in [-0.4, -0.2) is 24.0 Å². The normalized spacial score (nSPS) is 11.8. The van der Waals surface area contributed by atoms with Crippen LogP contribution >= 0.6 is 23.4 Å². The van der Waals surface area contributed by atoms with E-state index in [0.29, 0.717) is 6.07 Å². The van der Waals surface area contributed by atoms with E-state index in [1.807, 2.05) is 5.32 Å². The third-order valence-corrected chi connectivity index (χ3v) is 4.30. The predicted octanol–water partition coefficient (Wildman–Crippen LogP) is 5.77. The number of amides is 1. The Morgan fingerprint density at radius 3 is 2.17 bits per heavy atom. The largest absolute Gasteiger partial charge is 0.452 e. The maximum atomic E-state index is 13.0. The Balaban J connectivity index is 1.99. The number of rotatable bonds is 5. The highest BCUT2D eigenvalue weighted by Crippen LogP contribution is 2.38. The number of para-hydroxylation sites is 1. The summed E-state index contributed by atoms with van der Waals surface area (Å²) in [6.45, 7) is -0.930. The molecule has 0 aliphatic carbocycles. The van der Waals surface area contributed by atoms with Crippen molar-refractivity contribution in [1.29, 1.82) is 0 Å². The summed E-state index contributed by atoms with van der Waals surface area (Å²) in [5, 5.41) is 1.57. The van der Waals surface area contributed by atoms with Crippen molar-refractivity contribution in [2.45, 2.75) is 16.6 Å². The van der Waals surface area contributed by atoms with Crippen molar-refractivity contribution in [3.05, 3.63) is 58.6 Å². The standard InChI is InChI=1S/C17H10ClF6NO3S/c18-12-3-1-2-11(16(19,20)21)14(12)25-13(26)8-28-15(27)9-4-6-10(7-5-9)29-17(22,23)24/h1-7H,8H2,(H,25,26). The molecule has 12 heteroatoms. The van der Waals surface area contributed by atoms with E-state index in [9.17, 15) is 35.9 Å². The number of hydrogen-bond acceptors (Lipinski definition) is 4. The summed E-state index contributed by atoms with van der Waals surface area (Å²) < 4.78 is 80.4. The molecule has 1 amide bonds. The number of carbonyl (C=O) groups excluding carboxylic acids is 2. The van der Waals surface area contributed by atoms with Crippen molar-refractivity contribution in [3.8, 4) is 0 Å². The van der Waals surface area contributed by atoms with Gasteiger partial charge in [-0.05, 0) is 48.2 Å². The first-order valence-electron chi connectivity index (χ1n) is 7.55. The molecule has 2 rings (SSSR count). The van der Waals surface area contributed by atoms with Crippen LogP contribution in [0, 0.1) is 0 Å². The summed E-state index contributed by atoms with van der Waals surface area (Å²) in [5.41, 5.74) is -6.50. The molecule has 29 heavy (non-hydrogen) atoms. The van der Waals surface area contributed by atoms with Gasteiger partial charge in [-0.2, -0.15) is 26.3 Å². The average Bonchev–Trinajstić information content (AvgIpc) is 2.59. The van der Waals surface area contributed by atoms with Crippen LogP contribution in [0.15, 0.2) is 47.4 Å². The molecule has 0 saturated carbocycles. The fourth-order valence-corrected chi connectivity index (χ4v) is 2.83. The predicted molar refractivity (Wildman–Crippen MR) is 93.7 cm³/mol. The summed E-state index contributed by atoms with van der Waals surface area (Å²) in [6.07, 6.45) is -4.78. The number of carbonyl (C=O) groups is 2. The zero-order chi connectivity index (χ0) is 21.8. The molecular weight excluding hydrogens is 448 g/mol. The number of thioether (sulfide) groups is 1. The first-order chi connectivity index (χ1) is 13.4. The minimum absolute atomic E-state index is 0.141. The topological polar surface area (TPSA) is 55.4 Å². The summed E-state index contributed by atoms with van der Waals surface area (Å²) >= 11 is 5.32. The highest BCUT2D eigenvalue weighted by atomic mass is 35.5. The molecule has 0 heterocycles. The minimum Gasteiger partial charge on any atom is -0.452 e. The smallest absolute Gasteiger partial charge is 0.446 e. The molecule has 0 atom stereocenters. The third kappa shape index (κ3) is 6.86. The van der Waals surface area contributed by atoms with Crippen LogP contribution in [0.1, 0.15) is 15.9 Å². The second-order valence-corrected chi connectivity index (χ2v) is 6.90. The van der Waals surface area contributed by atoms with Crippen molar-refractivity contribution in [3.63, 3.8) is 0 Å². The molecule has 0 fully saturated rings. The van der Waals surface area contributed by atoms with E-state index in [1.165, 1.54) is 0 Å². The van der Waals surface area contributed by atoms with Gasteiger partial charge in [-0.25, -0.2) is 4.79 Å². The molecular formula is C17H10ClF6NO3S. The fourth-order valence-electron chi connectivity index (χ4n) is 2.07. The Morgan fingerprint density at radius 1 is 1.00 bits per heavy atom. The minimum atomic E-state index is -4.78. The lowest BCUT2D eigenvalue weighted by molar-refractivity contribution is -0.137. The van der Waals surface area contributed by atoms with E-state index in [4.69, 9.17) is 11.6 Å². The van der Waals surface area contributed by atoms with Gasteiger partial charge in [-0.15, -0.1) is 0 Å². The first kappa shape index (κ1) is 22.9. The maximum absolute atomic E-state index is 13.0. The number of ether oxygens (including phenoxy) is 1. The molecule has 0 unspecified atom stereocenters. The number of alkyl halides is 6. The maximum Gasteiger partial charge on any atom is 0.446 e. The van der Waals surface area contributed by atoms with Crippen molar-refractivity contribution in [1.82, 2.24) is 0 Å². The van der Waals surface area contributed by atoms with E-state index in [1.54, 1.807) is 0 Å². The van der Waals surface area contributed by atoms with Gasteiger partial charge in [0, 0.05) is 4.90 Å². The van der Waals surface area contributed by atoms with Gasteiger partial charge in [0.2, 0.25) is 0 Å². The van der Waals surface area contributed by atoms with Crippen molar-refractivity contribution >= 4 is 40.9 Å². The second kappa shape index (κ2) is 8.95. The molecule has 2 aromatic rings. The van der Waals surface area contributed by atoms with Gasteiger partial charge in [0.25, 0.3) is 5.91 Å². The molecule has 1 N–H and O–H groups in total. The van der Waals surface area contributed by atoms with Crippen LogP contribution in [0.25, 0.3) is 0 Å².